The Bertz CT molecular complexity index is 353. The molecule has 1 N–H and O–H groups in total. The lowest BCUT2D eigenvalue weighted by Gasteiger charge is -2.02. The molecule has 5 heteroatoms. The highest BCUT2D eigenvalue weighted by molar-refractivity contribution is 9.10. The minimum Gasteiger partial charge on any atom is -0.457 e. The first-order chi connectivity index (χ1) is 6.13. The molecule has 0 aliphatic rings. The Morgan fingerprint density at radius 1 is 1.85 bits per heavy atom. The molecule has 1 rings (SSSR count). The van der Waals surface area contributed by atoms with Gasteiger partial charge in [0.05, 0.1) is 11.6 Å². The van der Waals surface area contributed by atoms with E-state index < -0.39 is 6.04 Å². The van der Waals surface area contributed by atoms with E-state index in [1.807, 2.05) is 6.07 Å². The molecule has 68 valence electrons. The van der Waals surface area contributed by atoms with E-state index in [1.165, 1.54) is 6.26 Å². The fourth-order valence-electron chi connectivity index (χ4n) is 0.741. The summed E-state index contributed by atoms with van der Waals surface area (Å²) in [6.07, 6.45) is 1.32. The topological polar surface area (TPSA) is 66.0 Å². The summed E-state index contributed by atoms with van der Waals surface area (Å²) in [4.78, 5) is 11.3. The van der Waals surface area contributed by atoms with Crippen LogP contribution in [0.25, 0.3) is 0 Å². The van der Waals surface area contributed by atoms with Crippen molar-refractivity contribution >= 4 is 21.8 Å². The molecule has 0 fully saturated rings. The number of nitrogens with zero attached hydrogens (tertiary/aromatic N) is 1. The molecule has 0 aromatic carbocycles. The van der Waals surface area contributed by atoms with Crippen LogP contribution in [-0.4, -0.2) is 11.9 Å². The van der Waals surface area contributed by atoms with Gasteiger partial charge in [0, 0.05) is 6.07 Å². The van der Waals surface area contributed by atoms with Crippen LogP contribution < -0.4 is 5.32 Å². The molecule has 0 aliphatic heterocycles. The zero-order valence-electron chi connectivity index (χ0n) is 6.87. The number of hydrogen-bond donors (Lipinski definition) is 1. The van der Waals surface area contributed by atoms with Gasteiger partial charge in [0.25, 0.3) is 5.91 Å². The number of nitrogens with one attached hydrogen (secondary N) is 1. The Morgan fingerprint density at radius 3 is 3.00 bits per heavy atom. The van der Waals surface area contributed by atoms with Crippen molar-refractivity contribution in [3.63, 3.8) is 0 Å². The van der Waals surface area contributed by atoms with Gasteiger partial charge >= 0.3 is 0 Å². The molecule has 0 saturated heterocycles. The zero-order valence-corrected chi connectivity index (χ0v) is 8.46. The largest absolute Gasteiger partial charge is 0.457 e. The second-order valence-electron chi connectivity index (χ2n) is 2.46. The number of hydrogen-bond acceptors (Lipinski definition) is 3. The van der Waals surface area contributed by atoms with Crippen molar-refractivity contribution in [2.45, 2.75) is 13.0 Å². The Balaban J connectivity index is 2.65. The molecule has 0 aliphatic carbocycles. The standard InChI is InChI=1S/C8H7BrN2O2/c1-5(3-10)11-8(12)6-2-7(9)13-4-6/h2,4-5H,1H3,(H,11,12). The molecule has 1 heterocycles. The Hall–Kier alpha value is -1.28. The van der Waals surface area contributed by atoms with Crippen LogP contribution in [0.4, 0.5) is 0 Å². The third kappa shape index (κ3) is 2.60. The summed E-state index contributed by atoms with van der Waals surface area (Å²) in [5.74, 6) is -0.316. The van der Waals surface area contributed by atoms with Crippen LogP contribution in [0.15, 0.2) is 21.4 Å². The first-order valence-electron chi connectivity index (χ1n) is 3.58. The molecule has 1 amide bonds. The summed E-state index contributed by atoms with van der Waals surface area (Å²) in [6, 6.07) is 2.94. The van der Waals surface area contributed by atoms with Gasteiger partial charge in [-0.05, 0) is 22.9 Å². The van der Waals surface area contributed by atoms with Gasteiger partial charge in [-0.2, -0.15) is 5.26 Å². The second-order valence-corrected chi connectivity index (χ2v) is 3.25. The van der Waals surface area contributed by atoms with Crippen molar-refractivity contribution in [2.24, 2.45) is 0 Å². The average Bonchev–Trinajstić information content (AvgIpc) is 2.51. The first-order valence-corrected chi connectivity index (χ1v) is 4.37. The molecule has 4 nitrogen and oxygen atoms in total. The molecule has 0 saturated carbocycles. The molecule has 1 atom stereocenters. The third-order valence-corrected chi connectivity index (χ3v) is 1.79. The molecule has 1 aromatic heterocycles. The smallest absolute Gasteiger partial charge is 0.255 e. The number of nitriles is 1. The lowest BCUT2D eigenvalue weighted by atomic mass is 10.3. The maximum absolute atomic E-state index is 11.3. The monoisotopic (exact) mass is 242 g/mol. The van der Waals surface area contributed by atoms with E-state index in [0.29, 0.717) is 10.2 Å². The molecule has 1 unspecified atom stereocenters. The normalized spacial score (nSPS) is 11.8. The summed E-state index contributed by atoms with van der Waals surface area (Å²) in [7, 11) is 0. The summed E-state index contributed by atoms with van der Waals surface area (Å²) in [5.41, 5.74) is 0.397. The predicted octanol–water partition coefficient (Wildman–Crippen LogP) is 1.68. The van der Waals surface area contributed by atoms with E-state index in [0.717, 1.165) is 0 Å². The lowest BCUT2D eigenvalue weighted by Crippen LogP contribution is -2.30. The predicted molar refractivity (Wildman–Crippen MR) is 48.9 cm³/mol. The van der Waals surface area contributed by atoms with Gasteiger partial charge in [-0.15, -0.1) is 0 Å². The molecule has 0 spiro atoms. The third-order valence-electron chi connectivity index (χ3n) is 1.37. The highest BCUT2D eigenvalue weighted by atomic mass is 79.9. The number of rotatable bonds is 2. The fraction of sp³-hybridized carbons (Fsp3) is 0.250. The van der Waals surface area contributed by atoms with Gasteiger partial charge in [-0.1, -0.05) is 0 Å². The number of carbonyl (C=O) groups excluding carboxylic acids is 1. The summed E-state index contributed by atoms with van der Waals surface area (Å²) in [5, 5.41) is 10.9. The zero-order chi connectivity index (χ0) is 9.84. The fourth-order valence-corrected chi connectivity index (χ4v) is 1.08. The second kappa shape index (κ2) is 4.10. The van der Waals surface area contributed by atoms with Gasteiger partial charge in [-0.25, -0.2) is 0 Å². The maximum Gasteiger partial charge on any atom is 0.255 e. The van der Waals surface area contributed by atoms with Gasteiger partial charge in [-0.3, -0.25) is 4.79 Å². The van der Waals surface area contributed by atoms with E-state index in [-0.39, 0.29) is 5.91 Å². The van der Waals surface area contributed by atoms with Crippen molar-refractivity contribution < 1.29 is 9.21 Å². The molecular weight excluding hydrogens is 236 g/mol. The number of halogens is 1. The Kier molecular flexibility index (Phi) is 3.09. The van der Waals surface area contributed by atoms with Gasteiger partial charge in [0.15, 0.2) is 4.67 Å². The van der Waals surface area contributed by atoms with E-state index >= 15 is 0 Å². The molecular formula is C8H7BrN2O2. The summed E-state index contributed by atoms with van der Waals surface area (Å²) in [6.45, 7) is 1.60. The van der Waals surface area contributed by atoms with Crippen LogP contribution in [0.1, 0.15) is 17.3 Å². The summed E-state index contributed by atoms with van der Waals surface area (Å²) >= 11 is 3.07. The van der Waals surface area contributed by atoms with Crippen molar-refractivity contribution in [3.8, 4) is 6.07 Å². The van der Waals surface area contributed by atoms with Crippen LogP contribution in [0, 0.1) is 11.3 Å². The van der Waals surface area contributed by atoms with Crippen LogP contribution in [0.5, 0.6) is 0 Å². The van der Waals surface area contributed by atoms with Crippen molar-refractivity contribution in [1.82, 2.24) is 5.32 Å². The average molecular weight is 243 g/mol. The SMILES string of the molecule is CC(C#N)NC(=O)c1coc(Br)c1. The lowest BCUT2D eigenvalue weighted by molar-refractivity contribution is 0.0947. The highest BCUT2D eigenvalue weighted by Gasteiger charge is 2.11. The van der Waals surface area contributed by atoms with Crippen molar-refractivity contribution in [1.29, 1.82) is 5.26 Å². The van der Waals surface area contributed by atoms with E-state index in [1.54, 1.807) is 13.0 Å². The summed E-state index contributed by atoms with van der Waals surface area (Å²) < 4.78 is 5.36. The number of furan rings is 1. The highest BCUT2D eigenvalue weighted by Crippen LogP contribution is 2.13. The molecule has 0 radical (unpaired) electrons. The number of carbonyl (C=O) groups is 1. The quantitative estimate of drug-likeness (QED) is 0.859. The van der Waals surface area contributed by atoms with Crippen LogP contribution in [-0.2, 0) is 0 Å². The van der Waals surface area contributed by atoms with Gasteiger partial charge < -0.3 is 9.73 Å². The maximum atomic E-state index is 11.3. The number of amides is 1. The molecule has 1 aromatic rings. The first kappa shape index (κ1) is 9.81. The minimum absolute atomic E-state index is 0.316. The van der Waals surface area contributed by atoms with E-state index in [4.69, 9.17) is 9.68 Å². The van der Waals surface area contributed by atoms with Gasteiger partial charge in [0.1, 0.15) is 12.3 Å². The van der Waals surface area contributed by atoms with Gasteiger partial charge in [0.2, 0.25) is 0 Å². The Morgan fingerprint density at radius 2 is 2.54 bits per heavy atom. The van der Waals surface area contributed by atoms with Crippen molar-refractivity contribution in [3.05, 3.63) is 22.6 Å². The molecule has 0 bridgehead atoms. The van der Waals surface area contributed by atoms with E-state index in [2.05, 4.69) is 21.2 Å². The van der Waals surface area contributed by atoms with Crippen LogP contribution in [0.2, 0.25) is 0 Å². The van der Waals surface area contributed by atoms with E-state index in [9.17, 15) is 4.79 Å². The molecule has 13 heavy (non-hydrogen) atoms. The van der Waals surface area contributed by atoms with Crippen LogP contribution >= 0.6 is 15.9 Å². The van der Waals surface area contributed by atoms with Crippen molar-refractivity contribution in [2.75, 3.05) is 0 Å². The Labute approximate surface area is 83.7 Å². The minimum atomic E-state index is -0.499. The van der Waals surface area contributed by atoms with Crippen LogP contribution in [0.3, 0.4) is 0 Å².